The van der Waals surface area contributed by atoms with Gasteiger partial charge in [-0.25, -0.2) is 4.79 Å². The lowest BCUT2D eigenvalue weighted by Gasteiger charge is -2.19. The van der Waals surface area contributed by atoms with E-state index in [1.807, 2.05) is 6.07 Å². The van der Waals surface area contributed by atoms with E-state index in [0.717, 1.165) is 10.1 Å². The van der Waals surface area contributed by atoms with E-state index >= 15 is 0 Å². The first-order chi connectivity index (χ1) is 16.7. The van der Waals surface area contributed by atoms with Crippen molar-refractivity contribution in [2.24, 2.45) is 7.05 Å². The minimum atomic E-state index is -0.956. The first-order valence-electron chi connectivity index (χ1n) is 10.7. The van der Waals surface area contributed by atoms with Crippen LogP contribution in [0.4, 0.5) is 0 Å². The number of rotatable bonds is 11. The molecule has 186 valence electrons. The summed E-state index contributed by atoms with van der Waals surface area (Å²) in [5, 5.41) is 13.3. The molecule has 3 rings (SSSR count). The van der Waals surface area contributed by atoms with E-state index in [2.05, 4.69) is 5.32 Å². The highest BCUT2D eigenvalue weighted by Crippen LogP contribution is 2.30. The second-order valence-electron chi connectivity index (χ2n) is 7.74. The molecule has 1 heterocycles. The number of carbonyl (C=O) groups is 1. The lowest BCUT2D eigenvalue weighted by Crippen LogP contribution is -2.39. The molecule has 3 aromatic rings. The smallest absolute Gasteiger partial charge is 0.330 e. The van der Waals surface area contributed by atoms with Gasteiger partial charge in [0, 0.05) is 31.9 Å². The van der Waals surface area contributed by atoms with Crippen molar-refractivity contribution in [3.8, 4) is 11.5 Å². The first-order valence-corrected chi connectivity index (χ1v) is 11.4. The van der Waals surface area contributed by atoms with E-state index in [-0.39, 0.29) is 19.6 Å². The highest BCUT2D eigenvalue weighted by Gasteiger charge is 2.17. The van der Waals surface area contributed by atoms with E-state index < -0.39 is 23.3 Å². The zero-order valence-electron chi connectivity index (χ0n) is 19.2. The Kier molecular flexibility index (Phi) is 8.97. The predicted molar refractivity (Wildman–Crippen MR) is 133 cm³/mol. The number of benzene rings is 2. The Morgan fingerprint density at radius 3 is 2.54 bits per heavy atom. The Hall–Kier alpha value is -3.27. The maximum atomic E-state index is 12.1. The number of nitrogens with one attached hydrogen (secondary N) is 1. The molecule has 1 atom stereocenters. The number of ether oxygens (including phenoxy) is 2. The number of carboxylic acids is 1. The average Bonchev–Trinajstić information content (AvgIpc) is 2.83. The highest BCUT2D eigenvalue weighted by molar-refractivity contribution is 6.42. The quantitative estimate of drug-likeness (QED) is 0.398. The molecule has 2 aromatic carbocycles. The Morgan fingerprint density at radius 2 is 1.86 bits per heavy atom. The summed E-state index contributed by atoms with van der Waals surface area (Å²) in [5.41, 5.74) is 0.712. The number of hydrogen-bond acceptors (Lipinski definition) is 6. The van der Waals surface area contributed by atoms with Crippen molar-refractivity contribution in [2.75, 3.05) is 13.7 Å². The van der Waals surface area contributed by atoms with Crippen molar-refractivity contribution >= 4 is 29.2 Å². The third-order valence-corrected chi connectivity index (χ3v) is 6.06. The highest BCUT2D eigenvalue weighted by atomic mass is 35.5. The van der Waals surface area contributed by atoms with Crippen LogP contribution in [0.15, 0.2) is 58.3 Å². The van der Waals surface area contributed by atoms with E-state index in [0.29, 0.717) is 33.7 Å². The largest absolute Gasteiger partial charge is 0.493 e. The predicted octanol–water partition coefficient (Wildman–Crippen LogP) is 3.25. The molecule has 2 N–H and O–H groups in total. The number of hydrogen-bond donors (Lipinski definition) is 2. The van der Waals surface area contributed by atoms with E-state index in [4.69, 9.17) is 32.7 Å². The fourth-order valence-corrected chi connectivity index (χ4v) is 3.77. The van der Waals surface area contributed by atoms with Crippen molar-refractivity contribution in [2.45, 2.75) is 25.6 Å². The van der Waals surface area contributed by atoms with Gasteiger partial charge in [0.05, 0.1) is 30.1 Å². The summed E-state index contributed by atoms with van der Waals surface area (Å²) in [6.45, 7) is 0.523. The van der Waals surface area contributed by atoms with Gasteiger partial charge >= 0.3 is 11.7 Å². The van der Waals surface area contributed by atoms with Crippen LogP contribution in [0.5, 0.6) is 11.5 Å². The summed E-state index contributed by atoms with van der Waals surface area (Å²) in [7, 11) is 3.07. The maximum absolute atomic E-state index is 12.1. The molecule has 9 nitrogen and oxygen atoms in total. The Morgan fingerprint density at radius 1 is 1.09 bits per heavy atom. The van der Waals surface area contributed by atoms with Crippen LogP contribution in [0, 0.1) is 0 Å². The number of aryl methyl sites for hydroxylation is 1. The van der Waals surface area contributed by atoms with Gasteiger partial charge in [0.25, 0.3) is 5.56 Å². The van der Waals surface area contributed by atoms with Gasteiger partial charge < -0.3 is 24.5 Å². The normalized spacial score (nSPS) is 11.8. The molecule has 0 aliphatic rings. The topological polar surface area (TPSA) is 112 Å². The van der Waals surface area contributed by atoms with Gasteiger partial charge in [0.15, 0.2) is 11.5 Å². The monoisotopic (exact) mass is 521 g/mol. The van der Waals surface area contributed by atoms with E-state index in [9.17, 15) is 19.5 Å². The molecule has 1 aromatic heterocycles. The summed E-state index contributed by atoms with van der Waals surface area (Å²) in [6.07, 6.45) is 1.27. The lowest BCUT2D eigenvalue weighted by atomic mass is 10.0. The van der Waals surface area contributed by atoms with Gasteiger partial charge in [-0.3, -0.25) is 14.2 Å². The molecule has 0 saturated carbocycles. The standard InChI is InChI=1S/C24H25Cl2N3O6/c1-28-8-7-22(30)29(24(28)33)9-10-35-20-6-3-15(11-21(20)34-2)14-27-19(13-23(31)32)16-4-5-17(25)18(26)12-16/h3-8,11-12,19,27H,9-10,13-14H2,1-2H3,(H,31,32). The molecule has 0 saturated heterocycles. The maximum Gasteiger partial charge on any atom is 0.330 e. The number of methoxy groups -OCH3 is 1. The fraction of sp³-hybridized carbons (Fsp3) is 0.292. The number of halogens is 2. The Bertz CT molecular complexity index is 1320. The van der Waals surface area contributed by atoms with Gasteiger partial charge in [-0.15, -0.1) is 0 Å². The van der Waals surface area contributed by atoms with Gasteiger partial charge in [-0.1, -0.05) is 35.3 Å². The van der Waals surface area contributed by atoms with Crippen LogP contribution >= 0.6 is 23.2 Å². The molecule has 0 aliphatic carbocycles. The average molecular weight is 522 g/mol. The van der Waals surface area contributed by atoms with Crippen LogP contribution < -0.4 is 26.0 Å². The van der Waals surface area contributed by atoms with Gasteiger partial charge in [0.1, 0.15) is 6.61 Å². The van der Waals surface area contributed by atoms with Crippen LogP contribution in [-0.2, 0) is 24.9 Å². The second-order valence-corrected chi connectivity index (χ2v) is 8.55. The lowest BCUT2D eigenvalue weighted by molar-refractivity contribution is -0.137. The number of aromatic nitrogens is 2. The van der Waals surface area contributed by atoms with E-state index in [1.54, 1.807) is 37.4 Å². The fourth-order valence-electron chi connectivity index (χ4n) is 3.46. The molecule has 0 bridgehead atoms. The molecule has 11 heteroatoms. The number of aliphatic carboxylic acids is 1. The molecule has 1 unspecified atom stereocenters. The van der Waals surface area contributed by atoms with Crippen molar-refractivity contribution in [3.05, 3.63) is 90.7 Å². The Balaban J connectivity index is 1.68. The van der Waals surface area contributed by atoms with E-state index in [1.165, 1.54) is 23.9 Å². The first kappa shape index (κ1) is 26.3. The second kappa shape index (κ2) is 11.9. The third kappa shape index (κ3) is 6.88. The summed E-state index contributed by atoms with van der Waals surface area (Å²) in [6, 6.07) is 11.1. The molecule has 35 heavy (non-hydrogen) atoms. The van der Waals surface area contributed by atoms with Crippen LogP contribution in [0.3, 0.4) is 0 Å². The van der Waals surface area contributed by atoms with Crippen molar-refractivity contribution in [1.82, 2.24) is 14.5 Å². The van der Waals surface area contributed by atoms with Crippen LogP contribution in [0.25, 0.3) is 0 Å². The molecule has 0 spiro atoms. The molecular formula is C24H25Cl2N3O6. The van der Waals surface area contributed by atoms with Crippen LogP contribution in [0.2, 0.25) is 10.0 Å². The van der Waals surface area contributed by atoms with Crippen molar-refractivity contribution < 1.29 is 19.4 Å². The number of carboxylic acid groups (broad SMARTS) is 1. The molecule has 0 fully saturated rings. The number of nitrogens with zero attached hydrogens (tertiary/aromatic N) is 2. The van der Waals surface area contributed by atoms with Gasteiger partial charge in [-0.05, 0) is 35.4 Å². The summed E-state index contributed by atoms with van der Waals surface area (Å²) in [4.78, 5) is 35.4. The zero-order valence-corrected chi connectivity index (χ0v) is 20.7. The minimum absolute atomic E-state index is 0.0827. The Labute approximate surface area is 211 Å². The minimum Gasteiger partial charge on any atom is -0.493 e. The summed E-state index contributed by atoms with van der Waals surface area (Å²) < 4.78 is 13.6. The van der Waals surface area contributed by atoms with Gasteiger partial charge in [0.2, 0.25) is 0 Å². The third-order valence-electron chi connectivity index (χ3n) is 5.32. The van der Waals surface area contributed by atoms with Crippen LogP contribution in [0.1, 0.15) is 23.6 Å². The molecule has 0 aliphatic heterocycles. The molecule has 0 radical (unpaired) electrons. The van der Waals surface area contributed by atoms with Crippen molar-refractivity contribution in [3.63, 3.8) is 0 Å². The molecular weight excluding hydrogens is 497 g/mol. The summed E-state index contributed by atoms with van der Waals surface area (Å²) in [5.74, 6) is -0.0483. The molecule has 0 amide bonds. The van der Waals surface area contributed by atoms with Gasteiger partial charge in [-0.2, -0.15) is 0 Å². The summed E-state index contributed by atoms with van der Waals surface area (Å²) >= 11 is 12.1. The van der Waals surface area contributed by atoms with Crippen molar-refractivity contribution in [1.29, 1.82) is 0 Å². The van der Waals surface area contributed by atoms with Crippen LogP contribution in [-0.4, -0.2) is 33.9 Å². The SMILES string of the molecule is COc1cc(CNC(CC(=O)O)c2ccc(Cl)c(Cl)c2)ccc1OCCn1c(=O)ccn(C)c1=O. The zero-order chi connectivity index (χ0) is 25.5.